The van der Waals surface area contributed by atoms with E-state index in [9.17, 15) is 6.85 Å². The first-order chi connectivity index (χ1) is 32.7. The predicted molar refractivity (Wildman–Crippen MR) is 211 cm³/mol. The van der Waals surface area contributed by atoms with Crippen molar-refractivity contribution < 1.29 is 26.0 Å². The van der Waals surface area contributed by atoms with Crippen molar-refractivity contribution in [2.45, 2.75) is 0 Å². The number of fused-ring (bicyclic) bond motifs is 6. The SMILES string of the molecule is [2H]c1c([2H])c([2H])c(-c2cc(-c3c([2H])c([2H])c([2H])c([2H])c3[2H])c(-n3c4ccccc4c4c(-n5c6ccccc6c6c([2H])c([2H])c([2H])c([2H])c65)cccc43)c(-c3c([2H])c([2H])c([2H])c([2H])c3[2H])c2)c([2H])c1[2H]. The van der Waals surface area contributed by atoms with Crippen LogP contribution in [0.5, 0.6) is 0 Å². The van der Waals surface area contributed by atoms with Crippen molar-refractivity contribution in [3.05, 3.63) is 194 Å². The summed E-state index contributed by atoms with van der Waals surface area (Å²) in [6.07, 6.45) is 0. The second-order valence-corrected chi connectivity index (χ2v) is 11.5. The van der Waals surface area contributed by atoms with Gasteiger partial charge in [0.25, 0.3) is 0 Å². The molecule has 0 aliphatic rings. The molecule has 234 valence electrons. The molecule has 0 amide bonds. The van der Waals surface area contributed by atoms with Gasteiger partial charge in [-0.2, -0.15) is 0 Å². The van der Waals surface area contributed by atoms with Gasteiger partial charge in [0, 0.05) is 32.7 Å². The van der Waals surface area contributed by atoms with E-state index in [1.54, 1.807) is 75.9 Å². The Bertz CT molecular complexity index is 3790. The van der Waals surface area contributed by atoms with Crippen LogP contribution in [0, 0.1) is 0 Å². The summed E-state index contributed by atoms with van der Waals surface area (Å²) in [6.45, 7) is 0. The number of nitrogens with zero attached hydrogens (tertiary/aromatic N) is 2. The van der Waals surface area contributed by atoms with Gasteiger partial charge in [-0.05, 0) is 64.7 Å². The molecule has 0 saturated heterocycles. The summed E-state index contributed by atoms with van der Waals surface area (Å²) < 4.78 is 172. The lowest BCUT2D eigenvalue weighted by molar-refractivity contribution is 1.17. The molecule has 0 N–H and O–H groups in total. The van der Waals surface area contributed by atoms with Crippen LogP contribution in [0.1, 0.15) is 26.0 Å². The van der Waals surface area contributed by atoms with Gasteiger partial charge < -0.3 is 9.13 Å². The van der Waals surface area contributed by atoms with E-state index in [0.29, 0.717) is 38.4 Å². The molecule has 0 unspecified atom stereocenters. The number of rotatable bonds is 5. The molecule has 2 nitrogen and oxygen atoms in total. The van der Waals surface area contributed by atoms with Crippen molar-refractivity contribution in [3.63, 3.8) is 0 Å². The van der Waals surface area contributed by atoms with Crippen LogP contribution >= 0.6 is 0 Å². The van der Waals surface area contributed by atoms with Gasteiger partial charge in [0.15, 0.2) is 0 Å². The van der Waals surface area contributed by atoms with Gasteiger partial charge in [-0.15, -0.1) is 0 Å². The Balaban J connectivity index is 1.49. The van der Waals surface area contributed by atoms with Crippen LogP contribution in [0.3, 0.4) is 0 Å². The minimum atomic E-state index is -0.741. The Labute approximate surface area is 317 Å². The first-order valence-corrected chi connectivity index (χ1v) is 15.6. The smallest absolute Gasteiger partial charge is 0.0645 e. The highest BCUT2D eigenvalue weighted by Crippen LogP contribution is 2.45. The first kappa shape index (κ1) is 15.3. The molecular weight excluding hydrogens is 605 g/mol. The number of aromatic nitrogens is 2. The number of hydrogen-bond acceptors (Lipinski definition) is 0. The molecule has 8 aromatic carbocycles. The molecular formula is C48H32N2. The minimum absolute atomic E-state index is 0.0735. The van der Waals surface area contributed by atoms with Gasteiger partial charge in [-0.25, -0.2) is 0 Å². The van der Waals surface area contributed by atoms with Crippen LogP contribution in [0.4, 0.5) is 0 Å². The maximum atomic E-state index is 9.32. The van der Waals surface area contributed by atoms with E-state index in [4.69, 9.17) is 19.2 Å². The quantitative estimate of drug-likeness (QED) is 0.175. The lowest BCUT2D eigenvalue weighted by Crippen LogP contribution is -2.02. The van der Waals surface area contributed by atoms with Gasteiger partial charge in [-0.1, -0.05) is 151 Å². The summed E-state index contributed by atoms with van der Waals surface area (Å²) in [7, 11) is 0. The highest BCUT2D eigenvalue weighted by atomic mass is 15.0. The van der Waals surface area contributed by atoms with Crippen LogP contribution in [0.2, 0.25) is 0 Å². The van der Waals surface area contributed by atoms with Crippen LogP contribution in [-0.2, 0) is 0 Å². The summed E-state index contributed by atoms with van der Waals surface area (Å²) in [5, 5.41) is 1.82. The van der Waals surface area contributed by atoms with Gasteiger partial charge in [0.2, 0.25) is 0 Å². The monoisotopic (exact) mass is 655 g/mol. The second-order valence-electron chi connectivity index (χ2n) is 11.5. The van der Waals surface area contributed by atoms with Crippen LogP contribution < -0.4 is 0 Å². The van der Waals surface area contributed by atoms with Crippen molar-refractivity contribution in [1.29, 1.82) is 0 Å². The molecule has 0 aliphatic heterocycles. The molecule has 0 radical (unpaired) electrons. The summed E-state index contributed by atoms with van der Waals surface area (Å²) in [4.78, 5) is 0. The largest absolute Gasteiger partial charge is 0.309 e. The normalized spacial score (nSPS) is 16.9. The summed E-state index contributed by atoms with van der Waals surface area (Å²) in [5.74, 6) is 0. The fourth-order valence-electron chi connectivity index (χ4n) is 6.91. The average molecular weight is 656 g/mol. The zero-order valence-electron chi connectivity index (χ0n) is 44.9. The molecule has 0 bridgehead atoms. The van der Waals surface area contributed by atoms with Crippen molar-refractivity contribution in [1.82, 2.24) is 9.13 Å². The van der Waals surface area contributed by atoms with E-state index >= 15 is 0 Å². The maximum Gasteiger partial charge on any atom is 0.0645 e. The summed E-state index contributed by atoms with van der Waals surface area (Å²) in [5.41, 5.74) is 0.0291. The van der Waals surface area contributed by atoms with Crippen molar-refractivity contribution in [3.8, 4) is 44.8 Å². The zero-order chi connectivity index (χ0) is 49.6. The zero-order valence-corrected chi connectivity index (χ0v) is 25.9. The second kappa shape index (κ2) is 11.5. The van der Waals surface area contributed by atoms with Crippen LogP contribution in [0.25, 0.3) is 88.4 Å². The molecule has 50 heavy (non-hydrogen) atoms. The highest BCUT2D eigenvalue weighted by molar-refractivity contribution is 6.17. The van der Waals surface area contributed by atoms with Crippen LogP contribution in [0.15, 0.2) is 194 Å². The first-order valence-electron chi connectivity index (χ1n) is 25.1. The third-order valence-corrected chi connectivity index (χ3v) is 8.88. The van der Waals surface area contributed by atoms with Gasteiger partial charge in [-0.3, -0.25) is 0 Å². The molecule has 0 fully saturated rings. The average Bonchev–Trinajstić information content (AvgIpc) is 3.87. The molecule has 10 rings (SSSR count). The summed E-state index contributed by atoms with van der Waals surface area (Å²) >= 11 is 0. The Morgan fingerprint density at radius 3 is 1.54 bits per heavy atom. The van der Waals surface area contributed by atoms with Crippen molar-refractivity contribution in [2.75, 3.05) is 0 Å². The topological polar surface area (TPSA) is 9.86 Å². The van der Waals surface area contributed by atoms with Gasteiger partial charge in [0.05, 0.1) is 59.5 Å². The molecule has 2 heterocycles. The fourth-order valence-corrected chi connectivity index (χ4v) is 6.91. The van der Waals surface area contributed by atoms with Crippen molar-refractivity contribution >= 4 is 43.6 Å². The Hall–Kier alpha value is -6.64. The Morgan fingerprint density at radius 2 is 0.880 bits per heavy atom. The lowest BCUT2D eigenvalue weighted by atomic mass is 9.90. The predicted octanol–water partition coefficient (Wildman–Crippen LogP) is 12.9. The van der Waals surface area contributed by atoms with Crippen LogP contribution in [-0.4, -0.2) is 9.13 Å². The molecule has 2 heteroatoms. The van der Waals surface area contributed by atoms with Gasteiger partial charge >= 0.3 is 0 Å². The fraction of sp³-hybridized carbons (Fsp3) is 0. The molecule has 0 saturated carbocycles. The van der Waals surface area contributed by atoms with E-state index in [0.717, 1.165) is 0 Å². The Kier molecular flexibility index (Phi) is 3.52. The molecule has 0 aliphatic carbocycles. The maximum absolute atomic E-state index is 9.32. The van der Waals surface area contributed by atoms with Crippen molar-refractivity contribution in [2.24, 2.45) is 0 Å². The van der Waals surface area contributed by atoms with E-state index in [1.165, 1.54) is 12.1 Å². The van der Waals surface area contributed by atoms with E-state index < -0.39 is 114 Å². The molecule has 0 spiro atoms. The van der Waals surface area contributed by atoms with E-state index in [-0.39, 0.29) is 50.9 Å². The van der Waals surface area contributed by atoms with E-state index in [2.05, 4.69) is 0 Å². The standard InChI is InChI=1S/C48H32N2/c1-4-17-33(18-5-1)36-31-40(34-19-6-2-7-20-34)48(41(32-36)35-21-8-3-9-22-35)50-44-28-15-12-25-39(44)47-45(29-16-30-46(47)50)49-42-26-13-10-23-37(42)38-24-11-14-27-43(38)49/h1-32H/i1D,2D,3D,4D,5D,6D,7D,8D,9D,10D,13D,17D,18D,19D,20D,21D,22D,23D,26D. The number of hydrogen-bond donors (Lipinski definition) is 0. The molecule has 10 aromatic rings. The van der Waals surface area contributed by atoms with E-state index in [1.807, 2.05) is 0 Å². The minimum Gasteiger partial charge on any atom is -0.309 e. The third kappa shape index (κ3) is 4.36. The highest BCUT2D eigenvalue weighted by Gasteiger charge is 2.24. The summed E-state index contributed by atoms with van der Waals surface area (Å²) in [6, 6.07) is 9.70. The molecule has 0 atom stereocenters. The lowest BCUT2D eigenvalue weighted by Gasteiger charge is -2.21. The molecule has 2 aromatic heterocycles. The number of para-hydroxylation sites is 3. The third-order valence-electron chi connectivity index (χ3n) is 8.88. The Morgan fingerprint density at radius 1 is 0.360 bits per heavy atom. The van der Waals surface area contributed by atoms with Gasteiger partial charge in [0.1, 0.15) is 0 Å². The number of benzene rings is 8.